The fraction of sp³-hybridized carbons (Fsp3) is 0.875. The molecule has 3 saturated carbocycles. The Hall–Kier alpha value is -1.26. The van der Waals surface area contributed by atoms with Gasteiger partial charge in [0.1, 0.15) is 0 Å². The van der Waals surface area contributed by atoms with E-state index >= 15 is 0 Å². The monoisotopic (exact) mass is 294 g/mol. The molecular weight excluding hydrogens is 268 g/mol. The summed E-state index contributed by atoms with van der Waals surface area (Å²) in [6.07, 6.45) is 8.37. The zero-order valence-electron chi connectivity index (χ0n) is 12.5. The number of hydrogen-bond acceptors (Lipinski definition) is 2. The quantitative estimate of drug-likeness (QED) is 0.703. The molecule has 0 aromatic heterocycles. The van der Waals surface area contributed by atoms with Crippen LogP contribution < -0.4 is 10.6 Å². The highest BCUT2D eigenvalue weighted by molar-refractivity contribution is 5.74. The third kappa shape index (κ3) is 4.11. The van der Waals surface area contributed by atoms with Gasteiger partial charge < -0.3 is 15.7 Å². The SMILES string of the molecule is O=C(NCC1CCC(C(=O)O)CC1)NC(C1CC1)C1CC1. The molecule has 0 atom stereocenters. The maximum Gasteiger partial charge on any atom is 0.315 e. The number of hydrogen-bond donors (Lipinski definition) is 3. The summed E-state index contributed by atoms with van der Waals surface area (Å²) in [6, 6.07) is 0.368. The van der Waals surface area contributed by atoms with E-state index in [-0.39, 0.29) is 11.9 Å². The number of carboxylic acid groups (broad SMARTS) is 1. The average molecular weight is 294 g/mol. The maximum absolute atomic E-state index is 12.0. The minimum absolute atomic E-state index is 0.0286. The largest absolute Gasteiger partial charge is 0.481 e. The van der Waals surface area contributed by atoms with Crippen LogP contribution in [0.1, 0.15) is 51.4 Å². The molecule has 0 spiro atoms. The van der Waals surface area contributed by atoms with E-state index in [1.165, 1.54) is 25.7 Å². The summed E-state index contributed by atoms with van der Waals surface area (Å²) in [5, 5.41) is 15.1. The predicted molar refractivity (Wildman–Crippen MR) is 78.9 cm³/mol. The zero-order valence-corrected chi connectivity index (χ0v) is 12.5. The molecule has 0 saturated heterocycles. The normalized spacial score (nSPS) is 29.2. The van der Waals surface area contributed by atoms with Gasteiger partial charge in [-0.3, -0.25) is 4.79 Å². The molecule has 0 heterocycles. The lowest BCUT2D eigenvalue weighted by molar-refractivity contribution is -0.143. The Morgan fingerprint density at radius 3 is 2.00 bits per heavy atom. The van der Waals surface area contributed by atoms with E-state index in [9.17, 15) is 9.59 Å². The topological polar surface area (TPSA) is 78.4 Å². The van der Waals surface area contributed by atoms with Gasteiger partial charge in [0.15, 0.2) is 0 Å². The summed E-state index contributed by atoms with van der Waals surface area (Å²) in [6.45, 7) is 0.681. The molecule has 3 aliphatic rings. The molecule has 0 aliphatic heterocycles. The number of amides is 2. The number of aliphatic carboxylic acids is 1. The molecule has 3 rings (SSSR count). The first-order valence-electron chi connectivity index (χ1n) is 8.40. The Labute approximate surface area is 125 Å². The summed E-state index contributed by atoms with van der Waals surface area (Å²) < 4.78 is 0. The Balaban J connectivity index is 1.35. The summed E-state index contributed by atoms with van der Waals surface area (Å²) in [4.78, 5) is 22.9. The number of rotatable bonds is 6. The van der Waals surface area contributed by atoms with Crippen LogP contribution in [0.4, 0.5) is 4.79 Å². The second kappa shape index (κ2) is 6.24. The maximum atomic E-state index is 12.0. The van der Waals surface area contributed by atoms with Crippen molar-refractivity contribution >= 4 is 12.0 Å². The second-order valence-electron chi connectivity index (χ2n) is 7.11. The van der Waals surface area contributed by atoms with Crippen molar-refractivity contribution in [1.29, 1.82) is 0 Å². The molecule has 21 heavy (non-hydrogen) atoms. The number of urea groups is 1. The second-order valence-corrected chi connectivity index (χ2v) is 7.11. The van der Waals surface area contributed by atoms with Gasteiger partial charge in [0, 0.05) is 12.6 Å². The first-order chi connectivity index (χ1) is 10.1. The molecule has 0 unspecified atom stereocenters. The highest BCUT2D eigenvalue weighted by Crippen LogP contribution is 2.44. The lowest BCUT2D eigenvalue weighted by Gasteiger charge is -2.26. The minimum atomic E-state index is -0.670. The van der Waals surface area contributed by atoms with Crippen molar-refractivity contribution in [1.82, 2.24) is 10.6 Å². The van der Waals surface area contributed by atoms with Gasteiger partial charge in [0.2, 0.25) is 0 Å². The third-order valence-electron chi connectivity index (χ3n) is 5.30. The molecular formula is C16H26N2O3. The van der Waals surface area contributed by atoms with Crippen LogP contribution >= 0.6 is 0 Å². The molecule has 2 amide bonds. The predicted octanol–water partition coefficient (Wildman–Crippen LogP) is 2.37. The van der Waals surface area contributed by atoms with Crippen molar-refractivity contribution in [3.05, 3.63) is 0 Å². The number of carbonyl (C=O) groups excluding carboxylic acids is 1. The smallest absolute Gasteiger partial charge is 0.315 e. The number of carboxylic acids is 1. The van der Waals surface area contributed by atoms with Crippen molar-refractivity contribution < 1.29 is 14.7 Å². The Kier molecular flexibility index (Phi) is 4.36. The van der Waals surface area contributed by atoms with Crippen LogP contribution in [0.5, 0.6) is 0 Å². The van der Waals surface area contributed by atoms with Crippen LogP contribution in [0.2, 0.25) is 0 Å². The molecule has 3 fully saturated rings. The average Bonchev–Trinajstić information content (AvgIpc) is 3.36. The Morgan fingerprint density at radius 1 is 0.952 bits per heavy atom. The summed E-state index contributed by atoms with van der Waals surface area (Å²) in [5.41, 5.74) is 0. The fourth-order valence-electron chi connectivity index (χ4n) is 3.58. The molecule has 5 heteroatoms. The lowest BCUT2D eigenvalue weighted by Crippen LogP contribution is -2.45. The van der Waals surface area contributed by atoms with E-state index in [1.807, 2.05) is 0 Å². The van der Waals surface area contributed by atoms with E-state index < -0.39 is 5.97 Å². The van der Waals surface area contributed by atoms with Crippen LogP contribution in [0.25, 0.3) is 0 Å². The van der Waals surface area contributed by atoms with Gasteiger partial charge in [-0.2, -0.15) is 0 Å². The summed E-state index contributed by atoms with van der Waals surface area (Å²) >= 11 is 0. The van der Waals surface area contributed by atoms with Gasteiger partial charge in [0.25, 0.3) is 0 Å². The zero-order chi connectivity index (χ0) is 14.8. The molecule has 0 radical (unpaired) electrons. The van der Waals surface area contributed by atoms with E-state index in [4.69, 9.17) is 5.11 Å². The van der Waals surface area contributed by atoms with Gasteiger partial charge in [-0.15, -0.1) is 0 Å². The standard InChI is InChI=1S/C16H26N2O3/c19-15(20)13-3-1-10(2-4-13)9-17-16(21)18-14(11-5-6-11)12-7-8-12/h10-14H,1-9H2,(H,19,20)(H2,17,18,21). The Bertz CT molecular complexity index is 384. The van der Waals surface area contributed by atoms with Crippen LogP contribution in [0, 0.1) is 23.7 Å². The first-order valence-corrected chi connectivity index (χ1v) is 8.40. The number of carbonyl (C=O) groups is 2. The van der Waals surface area contributed by atoms with Crippen LogP contribution in [0.3, 0.4) is 0 Å². The first kappa shape index (κ1) is 14.7. The lowest BCUT2D eigenvalue weighted by atomic mass is 9.82. The summed E-state index contributed by atoms with van der Waals surface area (Å²) in [5.74, 6) is 1.02. The van der Waals surface area contributed by atoms with Gasteiger partial charge in [-0.05, 0) is 69.1 Å². The number of nitrogens with one attached hydrogen (secondary N) is 2. The molecule has 5 nitrogen and oxygen atoms in total. The molecule has 0 aromatic rings. The van der Waals surface area contributed by atoms with Crippen molar-refractivity contribution in [2.45, 2.75) is 57.4 Å². The van der Waals surface area contributed by atoms with E-state index in [0.29, 0.717) is 30.3 Å². The third-order valence-corrected chi connectivity index (χ3v) is 5.30. The highest BCUT2D eigenvalue weighted by Gasteiger charge is 2.42. The summed E-state index contributed by atoms with van der Waals surface area (Å²) in [7, 11) is 0. The van der Waals surface area contributed by atoms with Gasteiger partial charge in [0.05, 0.1) is 5.92 Å². The van der Waals surface area contributed by atoms with E-state index in [0.717, 1.165) is 25.7 Å². The molecule has 3 aliphatic carbocycles. The van der Waals surface area contributed by atoms with Crippen LogP contribution in [-0.4, -0.2) is 29.7 Å². The Morgan fingerprint density at radius 2 is 1.52 bits per heavy atom. The van der Waals surface area contributed by atoms with Crippen LogP contribution in [-0.2, 0) is 4.79 Å². The minimum Gasteiger partial charge on any atom is -0.481 e. The molecule has 3 N–H and O–H groups in total. The molecule has 0 aromatic carbocycles. The van der Waals surface area contributed by atoms with Crippen LogP contribution in [0.15, 0.2) is 0 Å². The van der Waals surface area contributed by atoms with Crippen molar-refractivity contribution in [3.8, 4) is 0 Å². The highest BCUT2D eigenvalue weighted by atomic mass is 16.4. The van der Waals surface area contributed by atoms with Crippen molar-refractivity contribution in [2.75, 3.05) is 6.54 Å². The van der Waals surface area contributed by atoms with E-state index in [2.05, 4.69) is 10.6 Å². The van der Waals surface area contributed by atoms with Gasteiger partial charge in [-0.25, -0.2) is 4.79 Å². The van der Waals surface area contributed by atoms with Crippen molar-refractivity contribution in [2.24, 2.45) is 23.7 Å². The van der Waals surface area contributed by atoms with Crippen molar-refractivity contribution in [3.63, 3.8) is 0 Å². The molecule has 0 bridgehead atoms. The van der Waals surface area contributed by atoms with Gasteiger partial charge in [-0.1, -0.05) is 0 Å². The van der Waals surface area contributed by atoms with E-state index in [1.54, 1.807) is 0 Å². The molecule has 118 valence electrons. The van der Waals surface area contributed by atoms with Gasteiger partial charge >= 0.3 is 12.0 Å². The fourth-order valence-corrected chi connectivity index (χ4v) is 3.58.